The largest absolute Gasteiger partial charge is 0.341 e. The Hall–Kier alpha value is -0.530. The number of piperidine rings is 1. The van der Waals surface area contributed by atoms with E-state index in [4.69, 9.17) is 0 Å². The van der Waals surface area contributed by atoms with Crippen LogP contribution in [0.3, 0.4) is 0 Å². The van der Waals surface area contributed by atoms with Crippen molar-refractivity contribution in [3.63, 3.8) is 0 Å². The van der Waals surface area contributed by atoms with E-state index in [1.807, 2.05) is 0 Å². The van der Waals surface area contributed by atoms with Crippen LogP contribution in [-0.4, -0.2) is 17.4 Å². The molecule has 1 fully saturated rings. The van der Waals surface area contributed by atoms with Gasteiger partial charge in [0.2, 0.25) is 5.91 Å². The topological polar surface area (TPSA) is 20.3 Å². The highest BCUT2D eigenvalue weighted by molar-refractivity contribution is 5.77. The lowest BCUT2D eigenvalue weighted by atomic mass is 9.99. The lowest BCUT2D eigenvalue weighted by Gasteiger charge is -2.25. The maximum Gasteiger partial charge on any atom is 0.222 e. The molecule has 0 aliphatic carbocycles. The first kappa shape index (κ1) is 6.59. The first-order valence-corrected chi connectivity index (χ1v) is 3.31. The van der Waals surface area contributed by atoms with Crippen LogP contribution in [0.25, 0.3) is 0 Å². The van der Waals surface area contributed by atoms with E-state index in [-0.39, 0.29) is 5.91 Å². The lowest BCUT2D eigenvalue weighted by molar-refractivity contribution is -0.132. The van der Waals surface area contributed by atoms with Crippen LogP contribution < -0.4 is 0 Å². The maximum atomic E-state index is 10.9. The summed E-state index contributed by atoms with van der Waals surface area (Å²) in [4.78, 5) is 12.4. The minimum atomic E-state index is 0.189. The zero-order chi connectivity index (χ0) is 6.85. The van der Waals surface area contributed by atoms with Gasteiger partial charge in [-0.25, -0.2) is 0 Å². The molecule has 1 radical (unpaired) electrons. The van der Waals surface area contributed by atoms with Crippen LogP contribution in [0.5, 0.6) is 0 Å². The molecule has 1 unspecified atom stereocenters. The van der Waals surface area contributed by atoms with E-state index in [1.165, 1.54) is 0 Å². The summed E-state index contributed by atoms with van der Waals surface area (Å²) in [6, 6.07) is 0. The van der Waals surface area contributed by atoms with Gasteiger partial charge in [0.05, 0.1) is 0 Å². The van der Waals surface area contributed by atoms with Gasteiger partial charge in [0.25, 0.3) is 0 Å². The third kappa shape index (κ3) is 1.44. The Morgan fingerprint density at radius 3 is 2.89 bits per heavy atom. The number of amides is 1. The average Bonchev–Trinajstić information content (AvgIpc) is 1.80. The van der Waals surface area contributed by atoms with Crippen LogP contribution in [0.2, 0.25) is 0 Å². The Bertz CT molecular complexity index is 122. The second-order valence-electron chi connectivity index (χ2n) is 2.76. The van der Waals surface area contributed by atoms with E-state index < -0.39 is 0 Å². The number of nitrogens with zero attached hydrogens (tertiary/aromatic N) is 1. The second-order valence-corrected chi connectivity index (χ2v) is 2.76. The fraction of sp³-hybridized carbons (Fsp3) is 0.714. The van der Waals surface area contributed by atoms with Gasteiger partial charge in [0.1, 0.15) is 0 Å². The van der Waals surface area contributed by atoms with E-state index in [0.29, 0.717) is 12.3 Å². The fourth-order valence-corrected chi connectivity index (χ4v) is 1.03. The van der Waals surface area contributed by atoms with Crippen LogP contribution >= 0.6 is 0 Å². The molecule has 1 aliphatic rings. The van der Waals surface area contributed by atoms with Crippen molar-refractivity contribution in [1.29, 1.82) is 0 Å². The fourth-order valence-electron chi connectivity index (χ4n) is 1.03. The number of rotatable bonds is 0. The summed E-state index contributed by atoms with van der Waals surface area (Å²) in [5.74, 6) is 0.754. The molecule has 1 atom stereocenters. The van der Waals surface area contributed by atoms with Crippen LogP contribution in [-0.2, 0) is 4.79 Å². The molecule has 1 saturated heterocycles. The third-order valence-electron chi connectivity index (χ3n) is 1.77. The molecule has 2 nitrogen and oxygen atoms in total. The monoisotopic (exact) mass is 126 g/mol. The predicted octanol–water partition coefficient (Wildman–Crippen LogP) is 1.04. The Labute approximate surface area is 55.8 Å². The summed E-state index contributed by atoms with van der Waals surface area (Å²) in [6.45, 7) is 2.94. The quantitative estimate of drug-likeness (QED) is 0.475. The van der Waals surface area contributed by atoms with Gasteiger partial charge >= 0.3 is 0 Å². The van der Waals surface area contributed by atoms with Crippen molar-refractivity contribution in [3.05, 3.63) is 7.05 Å². The Morgan fingerprint density at radius 2 is 2.44 bits per heavy atom. The van der Waals surface area contributed by atoms with Crippen molar-refractivity contribution in [1.82, 2.24) is 4.90 Å². The van der Waals surface area contributed by atoms with Crippen molar-refractivity contribution in [2.24, 2.45) is 5.92 Å². The van der Waals surface area contributed by atoms with Crippen molar-refractivity contribution in [2.75, 3.05) is 6.54 Å². The minimum Gasteiger partial charge on any atom is -0.341 e. The first-order valence-electron chi connectivity index (χ1n) is 3.31. The number of hydrogen-bond acceptors (Lipinski definition) is 1. The van der Waals surface area contributed by atoms with Gasteiger partial charge in [-0.2, -0.15) is 0 Å². The molecule has 1 aliphatic heterocycles. The van der Waals surface area contributed by atoms with Crippen molar-refractivity contribution in [2.45, 2.75) is 19.8 Å². The lowest BCUT2D eigenvalue weighted by Crippen LogP contribution is -2.33. The van der Waals surface area contributed by atoms with Crippen LogP contribution in [0.15, 0.2) is 0 Å². The summed E-state index contributed by atoms with van der Waals surface area (Å²) in [6.07, 6.45) is 1.79. The molecule has 1 rings (SSSR count). The summed E-state index contributed by atoms with van der Waals surface area (Å²) >= 11 is 0. The molecule has 0 saturated carbocycles. The molecule has 1 amide bonds. The molecular weight excluding hydrogens is 114 g/mol. The van der Waals surface area contributed by atoms with Gasteiger partial charge < -0.3 is 4.90 Å². The summed E-state index contributed by atoms with van der Waals surface area (Å²) in [7, 11) is 3.60. The molecule has 0 aromatic rings. The van der Waals surface area contributed by atoms with E-state index in [9.17, 15) is 4.79 Å². The molecule has 0 aromatic heterocycles. The zero-order valence-corrected chi connectivity index (χ0v) is 5.76. The predicted molar refractivity (Wildman–Crippen MR) is 35.5 cm³/mol. The molecule has 51 valence electrons. The normalized spacial score (nSPS) is 28.9. The van der Waals surface area contributed by atoms with Gasteiger partial charge in [-0.05, 0) is 12.3 Å². The molecule has 9 heavy (non-hydrogen) atoms. The SMILES string of the molecule is [CH2]N1CCC(C)CC1=O. The number of likely N-dealkylation sites (tertiary alicyclic amines) is 1. The zero-order valence-electron chi connectivity index (χ0n) is 5.76. The molecular formula is C7H12NO. The van der Waals surface area contributed by atoms with Crippen LogP contribution in [0, 0.1) is 13.0 Å². The van der Waals surface area contributed by atoms with E-state index in [2.05, 4.69) is 14.0 Å². The van der Waals surface area contributed by atoms with Gasteiger partial charge in [-0.3, -0.25) is 4.79 Å². The number of hydrogen-bond donors (Lipinski definition) is 0. The summed E-state index contributed by atoms with van der Waals surface area (Å²) < 4.78 is 0. The highest BCUT2D eigenvalue weighted by Gasteiger charge is 2.19. The maximum absolute atomic E-state index is 10.9. The van der Waals surface area contributed by atoms with Crippen molar-refractivity contribution in [3.8, 4) is 0 Å². The summed E-state index contributed by atoms with van der Waals surface area (Å²) in [5, 5.41) is 0. The Kier molecular flexibility index (Phi) is 1.74. The smallest absolute Gasteiger partial charge is 0.222 e. The van der Waals surface area contributed by atoms with E-state index in [1.54, 1.807) is 4.90 Å². The minimum absolute atomic E-state index is 0.189. The highest BCUT2D eigenvalue weighted by atomic mass is 16.2. The number of carbonyl (C=O) groups is 1. The molecule has 1 heterocycles. The highest BCUT2D eigenvalue weighted by Crippen LogP contribution is 2.15. The Morgan fingerprint density at radius 1 is 1.78 bits per heavy atom. The van der Waals surface area contributed by atoms with Crippen LogP contribution in [0.1, 0.15) is 19.8 Å². The standard InChI is InChI=1S/C7H12NO/c1-6-3-4-8(2)7(9)5-6/h6H,2-5H2,1H3. The molecule has 0 N–H and O–H groups in total. The molecule has 0 aromatic carbocycles. The Balaban J connectivity index is 2.44. The van der Waals surface area contributed by atoms with Crippen molar-refractivity contribution < 1.29 is 4.79 Å². The van der Waals surface area contributed by atoms with E-state index >= 15 is 0 Å². The molecule has 2 heteroatoms. The van der Waals surface area contributed by atoms with Gasteiger partial charge in [0.15, 0.2) is 0 Å². The average molecular weight is 126 g/mol. The van der Waals surface area contributed by atoms with Gasteiger partial charge in [-0.15, -0.1) is 0 Å². The van der Waals surface area contributed by atoms with Gasteiger partial charge in [-0.1, -0.05) is 6.92 Å². The van der Waals surface area contributed by atoms with Crippen molar-refractivity contribution >= 4 is 5.91 Å². The van der Waals surface area contributed by atoms with Gasteiger partial charge in [0, 0.05) is 20.0 Å². The first-order chi connectivity index (χ1) is 4.20. The van der Waals surface area contributed by atoms with Crippen LogP contribution in [0.4, 0.5) is 0 Å². The molecule has 0 bridgehead atoms. The van der Waals surface area contributed by atoms with E-state index in [0.717, 1.165) is 13.0 Å². The second kappa shape index (κ2) is 2.38. The third-order valence-corrected chi connectivity index (χ3v) is 1.77. The summed E-state index contributed by atoms with van der Waals surface area (Å²) in [5.41, 5.74) is 0. The molecule has 0 spiro atoms. The number of carbonyl (C=O) groups excluding carboxylic acids is 1.